The lowest BCUT2D eigenvalue weighted by molar-refractivity contribution is 0.263. The Hall–Kier alpha value is -1.56. The lowest BCUT2D eigenvalue weighted by Gasteiger charge is -2.42. The summed E-state index contributed by atoms with van der Waals surface area (Å²) in [5.41, 5.74) is 4.13. The Morgan fingerprint density at radius 1 is 1.17 bits per heavy atom. The van der Waals surface area contributed by atoms with Gasteiger partial charge in [-0.05, 0) is 69.5 Å². The van der Waals surface area contributed by atoms with Crippen molar-refractivity contribution in [2.75, 3.05) is 17.4 Å². The Balaban J connectivity index is 2.00. The third kappa shape index (κ3) is 3.18. The largest absolute Gasteiger partial charge is 0.317 e. The van der Waals surface area contributed by atoms with Crippen molar-refractivity contribution in [3.63, 3.8) is 0 Å². The number of piperidine rings is 1. The highest BCUT2D eigenvalue weighted by Gasteiger charge is 2.55. The standard InChI is InChI=1S/C23H29ClN2O2S/c1-4-7-21-23(10-12-25-13-11-23)18-15-16(2)14-17(3)22(18)26(21)29(27,28)20-9-6-5-8-19(20)24/h5-6,8-9,14-15,21,25H,4,7,10-13H2,1-3H3. The van der Waals surface area contributed by atoms with Gasteiger partial charge in [-0.2, -0.15) is 0 Å². The molecule has 1 unspecified atom stereocenters. The quantitative estimate of drug-likeness (QED) is 0.743. The van der Waals surface area contributed by atoms with Crippen molar-refractivity contribution in [2.24, 2.45) is 0 Å². The summed E-state index contributed by atoms with van der Waals surface area (Å²) in [6.45, 7) is 8.08. The molecule has 1 N–H and O–H groups in total. The van der Waals surface area contributed by atoms with Crippen LogP contribution in [0.5, 0.6) is 0 Å². The fourth-order valence-electron chi connectivity index (χ4n) is 5.38. The number of halogens is 1. The molecular formula is C23H29ClN2O2S. The molecule has 0 radical (unpaired) electrons. The summed E-state index contributed by atoms with van der Waals surface area (Å²) in [4.78, 5) is 0.194. The fraction of sp³-hybridized carbons (Fsp3) is 0.478. The van der Waals surface area contributed by atoms with Crippen LogP contribution in [0.2, 0.25) is 5.02 Å². The van der Waals surface area contributed by atoms with E-state index in [9.17, 15) is 8.42 Å². The van der Waals surface area contributed by atoms with E-state index in [1.165, 1.54) is 11.1 Å². The number of nitrogens with one attached hydrogen (secondary N) is 1. The number of sulfonamides is 1. The maximum atomic E-state index is 14.0. The van der Waals surface area contributed by atoms with Gasteiger partial charge >= 0.3 is 0 Å². The van der Waals surface area contributed by atoms with Crippen LogP contribution in [-0.4, -0.2) is 27.5 Å². The van der Waals surface area contributed by atoms with E-state index in [-0.39, 0.29) is 21.4 Å². The Kier molecular flexibility index (Phi) is 5.43. The fourth-order valence-corrected chi connectivity index (χ4v) is 7.71. The second-order valence-corrected chi connectivity index (χ2v) is 10.6. The highest BCUT2D eigenvalue weighted by atomic mass is 35.5. The van der Waals surface area contributed by atoms with Crippen molar-refractivity contribution < 1.29 is 8.42 Å². The number of nitrogens with zero attached hydrogens (tertiary/aromatic N) is 1. The molecule has 2 heterocycles. The Morgan fingerprint density at radius 2 is 1.86 bits per heavy atom. The molecule has 2 aromatic rings. The molecule has 2 aromatic carbocycles. The number of rotatable bonds is 4. The van der Waals surface area contributed by atoms with Gasteiger partial charge in [0.05, 0.1) is 16.8 Å². The van der Waals surface area contributed by atoms with E-state index in [2.05, 4.69) is 31.3 Å². The van der Waals surface area contributed by atoms with Gasteiger partial charge in [0.2, 0.25) is 0 Å². The van der Waals surface area contributed by atoms with Gasteiger partial charge in [0.15, 0.2) is 0 Å². The van der Waals surface area contributed by atoms with E-state index < -0.39 is 10.0 Å². The van der Waals surface area contributed by atoms with Crippen molar-refractivity contribution >= 4 is 27.3 Å². The number of benzene rings is 2. The lowest BCUT2D eigenvalue weighted by atomic mass is 9.68. The number of hydrogen-bond donors (Lipinski definition) is 1. The van der Waals surface area contributed by atoms with Gasteiger partial charge in [0, 0.05) is 5.41 Å². The van der Waals surface area contributed by atoms with E-state index in [1.54, 1.807) is 28.6 Å². The summed E-state index contributed by atoms with van der Waals surface area (Å²) in [7, 11) is -3.78. The summed E-state index contributed by atoms with van der Waals surface area (Å²) in [6.07, 6.45) is 3.65. The van der Waals surface area contributed by atoms with Gasteiger partial charge in [-0.25, -0.2) is 8.42 Å². The highest BCUT2D eigenvalue weighted by Crippen LogP contribution is 2.55. The minimum atomic E-state index is -3.78. The monoisotopic (exact) mass is 432 g/mol. The normalized spacial score (nSPS) is 20.8. The number of hydrogen-bond acceptors (Lipinski definition) is 3. The van der Waals surface area contributed by atoms with Gasteiger partial charge in [-0.1, -0.05) is 54.8 Å². The molecule has 1 fully saturated rings. The van der Waals surface area contributed by atoms with E-state index in [1.807, 2.05) is 6.92 Å². The number of aryl methyl sites for hydroxylation is 2. The summed E-state index contributed by atoms with van der Waals surface area (Å²) in [6, 6.07) is 11.0. The zero-order valence-electron chi connectivity index (χ0n) is 17.3. The molecule has 29 heavy (non-hydrogen) atoms. The molecule has 0 amide bonds. The van der Waals surface area contributed by atoms with Crippen molar-refractivity contribution in [1.29, 1.82) is 0 Å². The Morgan fingerprint density at radius 3 is 2.52 bits per heavy atom. The Labute approximate surface area is 179 Å². The van der Waals surface area contributed by atoms with Gasteiger partial charge in [0.25, 0.3) is 10.0 Å². The molecule has 2 aliphatic heterocycles. The SMILES string of the molecule is CCCC1N(S(=O)(=O)c2ccccc2Cl)c2c(C)cc(C)cc2C12CCNCC2. The average molecular weight is 433 g/mol. The van der Waals surface area contributed by atoms with Crippen LogP contribution in [0.15, 0.2) is 41.3 Å². The highest BCUT2D eigenvalue weighted by molar-refractivity contribution is 7.93. The third-order valence-electron chi connectivity index (χ3n) is 6.55. The first-order chi connectivity index (χ1) is 13.8. The topological polar surface area (TPSA) is 49.4 Å². The smallest absolute Gasteiger partial charge is 0.266 e. The van der Waals surface area contributed by atoms with Gasteiger partial charge in [-0.15, -0.1) is 0 Å². The maximum absolute atomic E-state index is 14.0. The molecular weight excluding hydrogens is 404 g/mol. The van der Waals surface area contributed by atoms with Gasteiger partial charge in [0.1, 0.15) is 4.90 Å². The molecule has 4 rings (SSSR count). The number of fused-ring (bicyclic) bond motifs is 2. The second-order valence-electron chi connectivity index (χ2n) is 8.42. The zero-order valence-corrected chi connectivity index (χ0v) is 18.9. The van der Waals surface area contributed by atoms with E-state index in [0.717, 1.165) is 50.0 Å². The van der Waals surface area contributed by atoms with Crippen LogP contribution in [0.3, 0.4) is 0 Å². The molecule has 0 aliphatic carbocycles. The zero-order chi connectivity index (χ0) is 20.8. The second kappa shape index (κ2) is 7.60. The van der Waals surface area contributed by atoms with Crippen LogP contribution in [-0.2, 0) is 15.4 Å². The van der Waals surface area contributed by atoms with Gasteiger partial charge < -0.3 is 5.32 Å². The summed E-state index contributed by atoms with van der Waals surface area (Å²) >= 11 is 6.37. The predicted molar refractivity (Wildman–Crippen MR) is 120 cm³/mol. The molecule has 1 spiro atoms. The molecule has 2 aliphatic rings. The van der Waals surface area contributed by atoms with Crippen LogP contribution in [0.4, 0.5) is 5.69 Å². The first kappa shape index (κ1) is 20.7. The Bertz CT molecular complexity index is 1030. The van der Waals surface area contributed by atoms with E-state index in [0.29, 0.717) is 0 Å². The van der Waals surface area contributed by atoms with E-state index in [4.69, 9.17) is 11.6 Å². The van der Waals surface area contributed by atoms with Crippen molar-refractivity contribution in [1.82, 2.24) is 5.32 Å². The van der Waals surface area contributed by atoms with Gasteiger partial charge in [-0.3, -0.25) is 4.31 Å². The van der Waals surface area contributed by atoms with Crippen LogP contribution >= 0.6 is 11.6 Å². The first-order valence-electron chi connectivity index (χ1n) is 10.4. The van der Waals surface area contributed by atoms with Crippen LogP contribution in [0.1, 0.15) is 49.3 Å². The third-order valence-corrected chi connectivity index (χ3v) is 8.86. The molecule has 1 saturated heterocycles. The average Bonchev–Trinajstić information content (AvgIpc) is 2.94. The molecule has 4 nitrogen and oxygen atoms in total. The van der Waals surface area contributed by atoms with Crippen LogP contribution in [0, 0.1) is 13.8 Å². The number of anilines is 1. The maximum Gasteiger partial charge on any atom is 0.266 e. The first-order valence-corrected chi connectivity index (χ1v) is 12.3. The molecule has 6 heteroatoms. The van der Waals surface area contributed by atoms with Crippen molar-refractivity contribution in [3.05, 3.63) is 58.1 Å². The van der Waals surface area contributed by atoms with Crippen molar-refractivity contribution in [3.8, 4) is 0 Å². The predicted octanol–water partition coefficient (Wildman–Crippen LogP) is 4.96. The lowest BCUT2D eigenvalue weighted by Crippen LogP contribution is -2.52. The molecule has 0 bridgehead atoms. The van der Waals surface area contributed by atoms with Crippen molar-refractivity contribution in [2.45, 2.75) is 62.8 Å². The van der Waals surface area contributed by atoms with Crippen LogP contribution < -0.4 is 9.62 Å². The summed E-state index contributed by atoms with van der Waals surface area (Å²) in [5, 5.41) is 3.74. The summed E-state index contributed by atoms with van der Waals surface area (Å²) in [5.74, 6) is 0. The molecule has 0 saturated carbocycles. The molecule has 0 aromatic heterocycles. The van der Waals surface area contributed by atoms with E-state index >= 15 is 0 Å². The minimum absolute atomic E-state index is 0.0913. The molecule has 156 valence electrons. The van der Waals surface area contributed by atoms with Crippen LogP contribution in [0.25, 0.3) is 0 Å². The minimum Gasteiger partial charge on any atom is -0.317 e. The molecule has 1 atom stereocenters. The summed E-state index contributed by atoms with van der Waals surface area (Å²) < 4.78 is 29.7.